The molecule has 26 heavy (non-hydrogen) atoms. The van der Waals surface area contributed by atoms with E-state index in [1.54, 1.807) is 22.7 Å². The second-order valence-corrected chi connectivity index (χ2v) is 9.71. The Labute approximate surface area is 163 Å². The van der Waals surface area contributed by atoms with Gasteiger partial charge in [-0.05, 0) is 25.2 Å². The molecule has 0 saturated heterocycles. The number of nitrogens with zero attached hydrogens (tertiary/aromatic N) is 3. The van der Waals surface area contributed by atoms with Gasteiger partial charge in [0.25, 0.3) is 0 Å². The number of aromatic nitrogens is 3. The lowest BCUT2D eigenvalue weighted by Gasteiger charge is -2.07. The summed E-state index contributed by atoms with van der Waals surface area (Å²) in [6.45, 7) is 10.9. The van der Waals surface area contributed by atoms with Crippen LogP contribution in [0.5, 0.6) is 0 Å². The van der Waals surface area contributed by atoms with E-state index in [1.165, 1.54) is 14.8 Å². The fourth-order valence-electron chi connectivity index (χ4n) is 2.80. The van der Waals surface area contributed by atoms with Crippen LogP contribution in [0.2, 0.25) is 0 Å². The van der Waals surface area contributed by atoms with Crippen molar-refractivity contribution >= 4 is 22.7 Å². The minimum Gasteiger partial charge on any atom is -0.445 e. The molecule has 0 spiro atoms. The van der Waals surface area contributed by atoms with E-state index in [1.807, 2.05) is 18.6 Å². The highest BCUT2D eigenvalue weighted by Crippen LogP contribution is 2.29. The Morgan fingerprint density at radius 3 is 2.35 bits per heavy atom. The highest BCUT2D eigenvalue weighted by Gasteiger charge is 2.16. The van der Waals surface area contributed by atoms with Crippen molar-refractivity contribution < 1.29 is 4.42 Å². The van der Waals surface area contributed by atoms with Crippen LogP contribution in [0.15, 0.2) is 23.0 Å². The molecule has 0 aliphatic heterocycles. The molecule has 3 aromatic rings. The maximum Gasteiger partial charge on any atom is 0.194 e. The number of oxazole rings is 1. The lowest BCUT2D eigenvalue weighted by molar-refractivity contribution is 0.421. The van der Waals surface area contributed by atoms with E-state index in [4.69, 9.17) is 4.42 Å². The van der Waals surface area contributed by atoms with Gasteiger partial charge in [0.05, 0.1) is 16.2 Å². The van der Waals surface area contributed by atoms with Crippen molar-refractivity contribution in [2.75, 3.05) is 0 Å². The van der Waals surface area contributed by atoms with E-state index >= 15 is 0 Å². The molecular formula is C20H27N3OS2. The molecule has 0 bridgehead atoms. The van der Waals surface area contributed by atoms with Gasteiger partial charge in [-0.15, -0.1) is 22.7 Å². The Kier molecular flexibility index (Phi) is 6.24. The first-order valence-electron chi connectivity index (χ1n) is 9.24. The van der Waals surface area contributed by atoms with Crippen LogP contribution in [0.25, 0.3) is 0 Å². The van der Waals surface area contributed by atoms with Gasteiger partial charge >= 0.3 is 0 Å². The fourth-order valence-corrected chi connectivity index (χ4v) is 4.73. The molecule has 6 heteroatoms. The van der Waals surface area contributed by atoms with Crippen molar-refractivity contribution in [3.63, 3.8) is 0 Å². The zero-order valence-electron chi connectivity index (χ0n) is 16.2. The van der Waals surface area contributed by atoms with Crippen molar-refractivity contribution in [1.82, 2.24) is 15.0 Å². The fraction of sp³-hybridized carbons (Fsp3) is 0.550. The average molecular weight is 390 g/mol. The molecular weight excluding hydrogens is 362 g/mol. The third kappa shape index (κ3) is 4.80. The number of thiazole rings is 2. The minimum atomic E-state index is 0.295. The molecule has 2 unspecified atom stereocenters. The zero-order chi connectivity index (χ0) is 18.7. The summed E-state index contributed by atoms with van der Waals surface area (Å²) in [5.74, 6) is 3.12. The normalized spacial score (nSPS) is 14.1. The molecule has 0 aliphatic rings. The van der Waals surface area contributed by atoms with E-state index in [2.05, 4.69) is 49.6 Å². The first kappa shape index (κ1) is 19.2. The molecule has 0 aliphatic carbocycles. The summed E-state index contributed by atoms with van der Waals surface area (Å²) in [6.07, 6.45) is 8.68. The Hall–Kier alpha value is -1.53. The average Bonchev–Trinajstić information content (AvgIpc) is 3.32. The lowest BCUT2D eigenvalue weighted by Crippen LogP contribution is -1.96. The van der Waals surface area contributed by atoms with Crippen LogP contribution in [0.1, 0.15) is 83.3 Å². The second-order valence-electron chi connectivity index (χ2n) is 7.29. The summed E-state index contributed by atoms with van der Waals surface area (Å²) in [7, 11) is 0. The van der Waals surface area contributed by atoms with Gasteiger partial charge in [-0.2, -0.15) is 0 Å². The maximum absolute atomic E-state index is 6.02. The molecule has 0 fully saturated rings. The maximum atomic E-state index is 6.02. The molecule has 0 N–H and O–H groups in total. The van der Waals surface area contributed by atoms with Gasteiger partial charge < -0.3 is 4.42 Å². The molecule has 0 saturated carbocycles. The smallest absolute Gasteiger partial charge is 0.194 e. The first-order valence-corrected chi connectivity index (χ1v) is 10.9. The topological polar surface area (TPSA) is 51.8 Å². The van der Waals surface area contributed by atoms with E-state index in [0.29, 0.717) is 17.8 Å². The summed E-state index contributed by atoms with van der Waals surface area (Å²) < 4.78 is 6.02. The highest BCUT2D eigenvalue weighted by molar-refractivity contribution is 7.11. The molecule has 3 rings (SSSR count). The number of rotatable bonds is 8. The largest absolute Gasteiger partial charge is 0.445 e. The SMILES string of the molecule is Cc1ncc(C(C)CCc2ncc(C(C)Cc3ncc(C(C)C)s3)o2)s1. The third-order valence-electron chi connectivity index (χ3n) is 4.59. The molecule has 0 radical (unpaired) electrons. The predicted molar refractivity (Wildman–Crippen MR) is 108 cm³/mol. The van der Waals surface area contributed by atoms with Gasteiger partial charge in [0.2, 0.25) is 0 Å². The molecule has 3 heterocycles. The molecule has 0 amide bonds. The van der Waals surface area contributed by atoms with Gasteiger partial charge in [0.1, 0.15) is 5.76 Å². The molecule has 4 nitrogen and oxygen atoms in total. The number of aryl methyl sites for hydroxylation is 2. The summed E-state index contributed by atoms with van der Waals surface area (Å²) in [5.41, 5.74) is 0. The minimum absolute atomic E-state index is 0.295. The summed E-state index contributed by atoms with van der Waals surface area (Å²) >= 11 is 3.58. The summed E-state index contributed by atoms with van der Waals surface area (Å²) in [4.78, 5) is 16.1. The quantitative estimate of drug-likeness (QED) is 0.467. The monoisotopic (exact) mass is 389 g/mol. The van der Waals surface area contributed by atoms with Crippen LogP contribution in [-0.2, 0) is 12.8 Å². The van der Waals surface area contributed by atoms with Crippen molar-refractivity contribution in [1.29, 1.82) is 0 Å². The Balaban J connectivity index is 1.54. The standard InChI is InChI=1S/C20H27N3OS2/c1-12(2)17-10-23-20(26-17)8-14(4)16-9-22-19(24-16)7-6-13(3)18-11-21-15(5)25-18/h9-14H,6-8H2,1-5H3. The van der Waals surface area contributed by atoms with Gasteiger partial charge in [0.15, 0.2) is 5.89 Å². The Bertz CT molecular complexity index is 834. The second kappa shape index (κ2) is 8.44. The van der Waals surface area contributed by atoms with Gasteiger partial charge in [-0.25, -0.2) is 15.0 Å². The lowest BCUT2D eigenvalue weighted by atomic mass is 10.0. The van der Waals surface area contributed by atoms with Gasteiger partial charge in [0, 0.05) is 40.9 Å². The van der Waals surface area contributed by atoms with E-state index in [0.717, 1.165) is 35.9 Å². The van der Waals surface area contributed by atoms with Crippen LogP contribution < -0.4 is 0 Å². The molecule has 140 valence electrons. The van der Waals surface area contributed by atoms with Crippen molar-refractivity contribution in [2.24, 2.45) is 0 Å². The molecule has 2 atom stereocenters. The molecule has 3 aromatic heterocycles. The Morgan fingerprint density at radius 2 is 1.69 bits per heavy atom. The van der Waals surface area contributed by atoms with E-state index < -0.39 is 0 Å². The van der Waals surface area contributed by atoms with Crippen LogP contribution in [0, 0.1) is 6.92 Å². The first-order chi connectivity index (χ1) is 12.4. The third-order valence-corrected chi connectivity index (χ3v) is 7.06. The number of hydrogen-bond acceptors (Lipinski definition) is 6. The van der Waals surface area contributed by atoms with Crippen molar-refractivity contribution in [3.05, 3.63) is 50.0 Å². The van der Waals surface area contributed by atoms with Crippen LogP contribution in [0.3, 0.4) is 0 Å². The van der Waals surface area contributed by atoms with Crippen molar-refractivity contribution in [3.8, 4) is 0 Å². The predicted octanol–water partition coefficient (Wildman–Crippen LogP) is 6.10. The van der Waals surface area contributed by atoms with Crippen LogP contribution in [-0.4, -0.2) is 15.0 Å². The van der Waals surface area contributed by atoms with E-state index in [-0.39, 0.29) is 0 Å². The highest BCUT2D eigenvalue weighted by atomic mass is 32.1. The zero-order valence-corrected chi connectivity index (χ0v) is 17.8. The number of hydrogen-bond donors (Lipinski definition) is 0. The molecule has 0 aromatic carbocycles. The van der Waals surface area contributed by atoms with Gasteiger partial charge in [-0.3, -0.25) is 0 Å². The van der Waals surface area contributed by atoms with Crippen molar-refractivity contribution in [2.45, 2.75) is 71.6 Å². The van der Waals surface area contributed by atoms with Crippen LogP contribution in [0.4, 0.5) is 0 Å². The Morgan fingerprint density at radius 1 is 0.923 bits per heavy atom. The summed E-state index contributed by atoms with van der Waals surface area (Å²) in [6, 6.07) is 0. The van der Waals surface area contributed by atoms with Crippen LogP contribution >= 0.6 is 22.7 Å². The van der Waals surface area contributed by atoms with E-state index in [9.17, 15) is 0 Å². The van der Waals surface area contributed by atoms with Gasteiger partial charge in [-0.1, -0.05) is 27.7 Å². The summed E-state index contributed by atoms with van der Waals surface area (Å²) in [5, 5.41) is 2.30.